The summed E-state index contributed by atoms with van der Waals surface area (Å²) in [6, 6.07) is 1.55. The number of halogens is 3. The van der Waals surface area contributed by atoms with Gasteiger partial charge < -0.3 is 5.11 Å². The van der Waals surface area contributed by atoms with E-state index in [1.165, 1.54) is 0 Å². The number of alkyl halides is 2. The quantitative estimate of drug-likeness (QED) is 0.802. The molecular weight excluding hydrogens is 240 g/mol. The molecule has 14 heavy (non-hydrogen) atoms. The number of aromatic nitrogens is 1. The summed E-state index contributed by atoms with van der Waals surface area (Å²) in [5, 5.41) is 8.97. The molecule has 0 aromatic carbocycles. The standard InChI is InChI=1S/C6H4ClF2NO3S/c7-14(12,13)4-2-1-3(5(8)9)10-6(4)11/h1-2,5H,(H,10,11). The van der Waals surface area contributed by atoms with Gasteiger partial charge in [0.2, 0.25) is 5.88 Å². The van der Waals surface area contributed by atoms with E-state index in [1.54, 1.807) is 0 Å². The van der Waals surface area contributed by atoms with Crippen LogP contribution in [0.5, 0.6) is 5.88 Å². The Kier molecular flexibility index (Phi) is 2.91. The molecule has 1 aromatic rings. The maximum absolute atomic E-state index is 12.0. The number of aromatic hydroxyl groups is 1. The van der Waals surface area contributed by atoms with Crippen LogP contribution in [-0.4, -0.2) is 18.5 Å². The van der Waals surface area contributed by atoms with Gasteiger partial charge in [0.05, 0.1) is 0 Å². The predicted molar refractivity (Wildman–Crippen MR) is 43.9 cm³/mol. The molecule has 1 rings (SSSR count). The van der Waals surface area contributed by atoms with Crippen molar-refractivity contribution in [2.75, 3.05) is 0 Å². The predicted octanol–water partition coefficient (Wildman–Crippen LogP) is 1.65. The number of hydrogen-bond acceptors (Lipinski definition) is 4. The van der Waals surface area contributed by atoms with Gasteiger partial charge in [-0.15, -0.1) is 0 Å². The molecule has 1 heterocycles. The molecule has 0 spiro atoms. The molecule has 0 unspecified atom stereocenters. The van der Waals surface area contributed by atoms with Crippen molar-refractivity contribution in [3.63, 3.8) is 0 Å². The van der Waals surface area contributed by atoms with Gasteiger partial charge in [-0.25, -0.2) is 22.2 Å². The Balaban J connectivity index is 3.28. The first-order valence-electron chi connectivity index (χ1n) is 3.25. The summed E-state index contributed by atoms with van der Waals surface area (Å²) >= 11 is 0. The topological polar surface area (TPSA) is 67.3 Å². The van der Waals surface area contributed by atoms with Crippen LogP contribution in [0.3, 0.4) is 0 Å². The molecule has 1 aromatic heterocycles. The number of pyridine rings is 1. The van der Waals surface area contributed by atoms with E-state index in [0.717, 1.165) is 12.1 Å². The first-order chi connectivity index (χ1) is 6.32. The van der Waals surface area contributed by atoms with E-state index in [4.69, 9.17) is 15.8 Å². The second-order valence-electron chi connectivity index (χ2n) is 2.30. The van der Waals surface area contributed by atoms with E-state index in [-0.39, 0.29) is 0 Å². The Morgan fingerprint density at radius 1 is 1.43 bits per heavy atom. The third kappa shape index (κ3) is 2.30. The van der Waals surface area contributed by atoms with Crippen LogP contribution >= 0.6 is 10.7 Å². The number of rotatable bonds is 2. The normalized spacial score (nSPS) is 12.0. The lowest BCUT2D eigenvalue weighted by Gasteiger charge is -2.02. The number of nitrogens with zero attached hydrogens (tertiary/aromatic N) is 1. The second-order valence-corrected chi connectivity index (χ2v) is 4.83. The van der Waals surface area contributed by atoms with Crippen LogP contribution in [0.15, 0.2) is 17.0 Å². The van der Waals surface area contributed by atoms with Crippen LogP contribution < -0.4 is 0 Å². The maximum atomic E-state index is 12.0. The Hall–Kier alpha value is -0.950. The number of hydrogen-bond donors (Lipinski definition) is 1. The first-order valence-corrected chi connectivity index (χ1v) is 5.56. The monoisotopic (exact) mass is 243 g/mol. The van der Waals surface area contributed by atoms with Crippen molar-refractivity contribution in [3.05, 3.63) is 17.8 Å². The van der Waals surface area contributed by atoms with E-state index >= 15 is 0 Å². The zero-order chi connectivity index (χ0) is 10.9. The Labute approximate surface area is 82.6 Å². The van der Waals surface area contributed by atoms with Gasteiger partial charge in [-0.3, -0.25) is 0 Å². The summed E-state index contributed by atoms with van der Waals surface area (Å²) in [5.74, 6) is -1.03. The lowest BCUT2D eigenvalue weighted by Crippen LogP contribution is -1.96. The summed E-state index contributed by atoms with van der Waals surface area (Å²) in [7, 11) is 0.719. The summed E-state index contributed by atoms with van der Waals surface area (Å²) in [6.45, 7) is 0. The molecule has 78 valence electrons. The Morgan fingerprint density at radius 3 is 2.36 bits per heavy atom. The van der Waals surface area contributed by atoms with Gasteiger partial charge >= 0.3 is 0 Å². The highest BCUT2D eigenvalue weighted by molar-refractivity contribution is 8.13. The Morgan fingerprint density at radius 2 is 2.00 bits per heavy atom. The van der Waals surface area contributed by atoms with Gasteiger partial charge in [0.15, 0.2) is 0 Å². The van der Waals surface area contributed by atoms with E-state index < -0.39 is 31.9 Å². The lowest BCUT2D eigenvalue weighted by molar-refractivity contribution is 0.145. The van der Waals surface area contributed by atoms with Crippen molar-refractivity contribution in [2.45, 2.75) is 11.3 Å². The van der Waals surface area contributed by atoms with E-state index in [9.17, 15) is 17.2 Å². The summed E-state index contributed by atoms with van der Waals surface area (Å²) in [5.41, 5.74) is -0.716. The molecule has 0 fully saturated rings. The molecule has 4 nitrogen and oxygen atoms in total. The molecule has 0 saturated heterocycles. The first kappa shape index (κ1) is 11.1. The van der Waals surface area contributed by atoms with Crippen molar-refractivity contribution >= 4 is 19.7 Å². The van der Waals surface area contributed by atoms with Crippen molar-refractivity contribution in [1.29, 1.82) is 0 Å². The second kappa shape index (κ2) is 3.66. The maximum Gasteiger partial charge on any atom is 0.280 e. The highest BCUT2D eigenvalue weighted by Crippen LogP contribution is 2.26. The molecule has 1 N–H and O–H groups in total. The van der Waals surface area contributed by atoms with Crippen LogP contribution in [0.2, 0.25) is 0 Å². The zero-order valence-electron chi connectivity index (χ0n) is 6.49. The fraction of sp³-hybridized carbons (Fsp3) is 0.167. The van der Waals surface area contributed by atoms with Crippen molar-refractivity contribution < 1.29 is 22.3 Å². The average molecular weight is 244 g/mol. The molecule has 0 bridgehead atoms. The zero-order valence-corrected chi connectivity index (χ0v) is 8.06. The third-order valence-corrected chi connectivity index (χ3v) is 2.69. The molecule has 0 atom stereocenters. The van der Waals surface area contributed by atoms with Gasteiger partial charge in [0.25, 0.3) is 15.5 Å². The van der Waals surface area contributed by atoms with Gasteiger partial charge in [-0.1, -0.05) is 0 Å². The van der Waals surface area contributed by atoms with Crippen LogP contribution in [-0.2, 0) is 9.05 Å². The summed E-state index contributed by atoms with van der Waals surface area (Å²) < 4.78 is 45.5. The molecule has 0 aliphatic carbocycles. The van der Waals surface area contributed by atoms with E-state index in [1.807, 2.05) is 0 Å². The highest BCUT2D eigenvalue weighted by Gasteiger charge is 2.19. The molecule has 0 radical (unpaired) electrons. The summed E-state index contributed by atoms with van der Waals surface area (Å²) in [6.07, 6.45) is -2.88. The molecule has 8 heteroatoms. The smallest absolute Gasteiger partial charge is 0.280 e. The SMILES string of the molecule is O=S(=O)(Cl)c1ccc(C(F)F)nc1O. The van der Waals surface area contributed by atoms with Gasteiger partial charge in [-0.2, -0.15) is 0 Å². The van der Waals surface area contributed by atoms with E-state index in [2.05, 4.69) is 4.98 Å². The van der Waals surface area contributed by atoms with Gasteiger partial charge in [0, 0.05) is 10.7 Å². The van der Waals surface area contributed by atoms with Gasteiger partial charge in [0.1, 0.15) is 10.6 Å². The highest BCUT2D eigenvalue weighted by atomic mass is 35.7. The van der Waals surface area contributed by atoms with Crippen LogP contribution in [0.4, 0.5) is 8.78 Å². The van der Waals surface area contributed by atoms with Crippen molar-refractivity contribution in [3.8, 4) is 5.88 Å². The lowest BCUT2D eigenvalue weighted by atomic mass is 10.3. The van der Waals surface area contributed by atoms with Crippen LogP contribution in [0.25, 0.3) is 0 Å². The molecule has 0 saturated carbocycles. The molecular formula is C6H4ClF2NO3S. The third-order valence-electron chi connectivity index (χ3n) is 1.35. The van der Waals surface area contributed by atoms with Crippen LogP contribution in [0, 0.1) is 0 Å². The van der Waals surface area contributed by atoms with E-state index in [0.29, 0.717) is 0 Å². The van der Waals surface area contributed by atoms with Gasteiger partial charge in [-0.05, 0) is 12.1 Å². The Bertz CT molecular complexity index is 448. The summed E-state index contributed by atoms with van der Waals surface area (Å²) in [4.78, 5) is 2.29. The van der Waals surface area contributed by atoms with Crippen molar-refractivity contribution in [1.82, 2.24) is 4.98 Å². The molecule has 0 aliphatic heterocycles. The molecule has 0 amide bonds. The fourth-order valence-electron chi connectivity index (χ4n) is 0.762. The largest absolute Gasteiger partial charge is 0.492 e. The minimum Gasteiger partial charge on any atom is -0.492 e. The minimum absolute atomic E-state index is 0.691. The molecule has 0 aliphatic rings. The van der Waals surface area contributed by atoms with Crippen LogP contribution in [0.1, 0.15) is 12.1 Å². The minimum atomic E-state index is -4.16. The fourth-order valence-corrected chi connectivity index (χ4v) is 1.62. The van der Waals surface area contributed by atoms with Crippen molar-refractivity contribution in [2.24, 2.45) is 0 Å². The average Bonchev–Trinajstić information content (AvgIpc) is 2.01.